The summed E-state index contributed by atoms with van der Waals surface area (Å²) >= 11 is 2.87. The predicted octanol–water partition coefficient (Wildman–Crippen LogP) is 3.74. The normalized spacial score (nSPS) is 13.2. The zero-order chi connectivity index (χ0) is 20.7. The third kappa shape index (κ3) is 3.29. The molecule has 0 fully saturated rings. The first-order valence-electron chi connectivity index (χ1n) is 9.11. The zero-order valence-corrected chi connectivity index (χ0v) is 17.4. The number of anilines is 2. The van der Waals surface area contributed by atoms with E-state index in [0.717, 1.165) is 21.0 Å². The van der Waals surface area contributed by atoms with Crippen LogP contribution in [0.4, 0.5) is 10.3 Å². The molecule has 4 aromatic rings. The van der Waals surface area contributed by atoms with E-state index in [1.54, 1.807) is 31.4 Å². The van der Waals surface area contributed by atoms with Crippen LogP contribution in [0, 0.1) is 0 Å². The number of benzene rings is 2. The Labute approximate surface area is 179 Å². The lowest BCUT2D eigenvalue weighted by atomic mass is 10.1. The maximum absolute atomic E-state index is 12.5. The topological polar surface area (TPSA) is 97.3 Å². The molecule has 0 saturated carbocycles. The Morgan fingerprint density at radius 3 is 2.50 bits per heavy atom. The van der Waals surface area contributed by atoms with Gasteiger partial charge in [0.15, 0.2) is 5.13 Å². The Kier molecular flexibility index (Phi) is 4.64. The molecule has 0 unspecified atom stereocenters. The standard InChI is InChI=1S/C20H15N5O3S2/c1-28-11-6-7-14-15(10-11)29-19(21-14)22-20-24-23-16(30-20)8-9-25-17(26)12-4-2-3-5-13(12)18(25)27/h2-7,10H,8-9H2,1H3,(H,21,22,24). The van der Waals surface area contributed by atoms with Crippen LogP contribution in [0.5, 0.6) is 5.75 Å². The summed E-state index contributed by atoms with van der Waals surface area (Å²) in [6, 6.07) is 12.6. The third-order valence-corrected chi connectivity index (χ3v) is 6.54. The second-order valence-electron chi connectivity index (χ2n) is 6.54. The summed E-state index contributed by atoms with van der Waals surface area (Å²) in [6.07, 6.45) is 0.446. The van der Waals surface area contributed by atoms with E-state index in [2.05, 4.69) is 20.5 Å². The summed E-state index contributed by atoms with van der Waals surface area (Å²) in [5.41, 5.74) is 1.78. The van der Waals surface area contributed by atoms with Gasteiger partial charge in [-0.2, -0.15) is 0 Å². The van der Waals surface area contributed by atoms with Crippen LogP contribution in [0.2, 0.25) is 0 Å². The SMILES string of the molecule is COc1ccc2nc(Nc3nnc(CCN4C(=O)c5ccccc5C4=O)s3)sc2c1. The summed E-state index contributed by atoms with van der Waals surface area (Å²) in [5.74, 6) is 0.260. The molecule has 0 atom stereocenters. The molecule has 3 heterocycles. The van der Waals surface area contributed by atoms with Crippen LogP contribution in [0.15, 0.2) is 42.5 Å². The van der Waals surface area contributed by atoms with Crippen LogP contribution in [-0.2, 0) is 6.42 Å². The Bertz CT molecular complexity index is 1250. The predicted molar refractivity (Wildman–Crippen MR) is 115 cm³/mol. The van der Waals surface area contributed by atoms with E-state index in [1.807, 2.05) is 18.2 Å². The van der Waals surface area contributed by atoms with Crippen molar-refractivity contribution in [3.05, 3.63) is 58.6 Å². The summed E-state index contributed by atoms with van der Waals surface area (Å²) in [7, 11) is 1.63. The number of carbonyl (C=O) groups excluding carboxylic acids is 2. The number of methoxy groups -OCH3 is 1. The molecular formula is C20H15N5O3S2. The van der Waals surface area contributed by atoms with Crippen LogP contribution < -0.4 is 10.1 Å². The van der Waals surface area contributed by atoms with Gasteiger partial charge in [-0.3, -0.25) is 14.5 Å². The second kappa shape index (κ2) is 7.47. The van der Waals surface area contributed by atoms with Crippen LogP contribution in [0.1, 0.15) is 25.7 Å². The van der Waals surface area contributed by atoms with Gasteiger partial charge in [-0.25, -0.2) is 4.98 Å². The number of rotatable bonds is 6. The highest BCUT2D eigenvalue weighted by atomic mass is 32.1. The maximum Gasteiger partial charge on any atom is 0.261 e. The minimum atomic E-state index is -0.261. The fraction of sp³-hybridized carbons (Fsp3) is 0.150. The number of imide groups is 1. The Morgan fingerprint density at radius 1 is 1.00 bits per heavy atom. The summed E-state index contributed by atoms with van der Waals surface area (Å²) in [4.78, 5) is 30.7. The first-order valence-corrected chi connectivity index (χ1v) is 10.7. The largest absolute Gasteiger partial charge is 0.497 e. The summed E-state index contributed by atoms with van der Waals surface area (Å²) < 4.78 is 6.25. The van der Waals surface area contributed by atoms with Crippen molar-refractivity contribution >= 4 is 55.0 Å². The average Bonchev–Trinajstić information content (AvgIpc) is 3.44. The summed E-state index contributed by atoms with van der Waals surface area (Å²) in [6.45, 7) is 0.266. The first-order chi connectivity index (χ1) is 14.6. The Morgan fingerprint density at radius 2 is 1.77 bits per heavy atom. The molecule has 2 amide bonds. The highest BCUT2D eigenvalue weighted by Crippen LogP contribution is 2.32. The van der Waals surface area contributed by atoms with Gasteiger partial charge in [-0.05, 0) is 30.3 Å². The van der Waals surface area contributed by atoms with Crippen LogP contribution in [0.25, 0.3) is 10.2 Å². The van der Waals surface area contributed by atoms with E-state index in [0.29, 0.717) is 27.8 Å². The monoisotopic (exact) mass is 437 g/mol. The highest BCUT2D eigenvalue weighted by Gasteiger charge is 2.34. The molecule has 5 rings (SSSR count). The van der Waals surface area contributed by atoms with Crippen LogP contribution in [-0.4, -0.2) is 45.6 Å². The highest BCUT2D eigenvalue weighted by molar-refractivity contribution is 7.22. The van der Waals surface area contributed by atoms with Gasteiger partial charge < -0.3 is 10.1 Å². The minimum Gasteiger partial charge on any atom is -0.497 e. The molecule has 10 heteroatoms. The second-order valence-corrected chi connectivity index (χ2v) is 8.63. The smallest absolute Gasteiger partial charge is 0.261 e. The Hall–Kier alpha value is -3.37. The molecule has 30 heavy (non-hydrogen) atoms. The minimum absolute atomic E-state index is 0.261. The van der Waals surface area contributed by atoms with E-state index in [-0.39, 0.29) is 18.4 Å². The molecule has 1 aliphatic heterocycles. The molecule has 0 aliphatic carbocycles. The van der Waals surface area contributed by atoms with E-state index in [4.69, 9.17) is 4.74 Å². The number of fused-ring (bicyclic) bond motifs is 2. The molecular weight excluding hydrogens is 422 g/mol. The van der Waals surface area contributed by atoms with Gasteiger partial charge in [-0.1, -0.05) is 34.8 Å². The number of nitrogens with zero attached hydrogens (tertiary/aromatic N) is 4. The molecule has 1 aliphatic rings. The number of hydrogen-bond donors (Lipinski definition) is 1. The lowest BCUT2D eigenvalue weighted by Gasteiger charge is -2.11. The molecule has 2 aromatic heterocycles. The van der Waals surface area contributed by atoms with Gasteiger partial charge in [0.1, 0.15) is 10.8 Å². The van der Waals surface area contributed by atoms with Gasteiger partial charge in [0.25, 0.3) is 11.8 Å². The number of aromatic nitrogens is 3. The van der Waals surface area contributed by atoms with Crippen molar-refractivity contribution < 1.29 is 14.3 Å². The van der Waals surface area contributed by atoms with E-state index in [9.17, 15) is 9.59 Å². The van der Waals surface area contributed by atoms with E-state index < -0.39 is 0 Å². The number of amides is 2. The average molecular weight is 438 g/mol. The van der Waals surface area contributed by atoms with Crippen molar-refractivity contribution in [1.82, 2.24) is 20.1 Å². The van der Waals surface area contributed by atoms with Gasteiger partial charge in [0, 0.05) is 13.0 Å². The Balaban J connectivity index is 1.25. The van der Waals surface area contributed by atoms with Crippen molar-refractivity contribution in [2.45, 2.75) is 6.42 Å². The zero-order valence-electron chi connectivity index (χ0n) is 15.8. The number of ether oxygens (including phenoxy) is 1. The van der Waals surface area contributed by atoms with E-state index in [1.165, 1.54) is 27.6 Å². The third-order valence-electron chi connectivity index (χ3n) is 4.70. The fourth-order valence-electron chi connectivity index (χ4n) is 3.23. The van der Waals surface area contributed by atoms with Gasteiger partial charge in [0.2, 0.25) is 5.13 Å². The number of nitrogens with one attached hydrogen (secondary N) is 1. The summed E-state index contributed by atoms with van der Waals surface area (Å²) in [5, 5.41) is 13.5. The number of thiazole rings is 1. The van der Waals surface area contributed by atoms with Crippen molar-refractivity contribution in [3.63, 3.8) is 0 Å². The van der Waals surface area contributed by atoms with Gasteiger partial charge in [-0.15, -0.1) is 10.2 Å². The fourth-order valence-corrected chi connectivity index (χ4v) is 4.92. The molecule has 0 spiro atoms. The molecule has 150 valence electrons. The number of hydrogen-bond acceptors (Lipinski definition) is 9. The van der Waals surface area contributed by atoms with Gasteiger partial charge in [0.05, 0.1) is 28.5 Å². The van der Waals surface area contributed by atoms with Gasteiger partial charge >= 0.3 is 0 Å². The molecule has 0 bridgehead atoms. The lowest BCUT2D eigenvalue weighted by molar-refractivity contribution is 0.0656. The van der Waals surface area contributed by atoms with Crippen molar-refractivity contribution in [2.75, 3.05) is 19.0 Å². The van der Waals surface area contributed by atoms with E-state index >= 15 is 0 Å². The maximum atomic E-state index is 12.5. The molecule has 8 nitrogen and oxygen atoms in total. The number of carbonyl (C=O) groups is 2. The lowest BCUT2D eigenvalue weighted by Crippen LogP contribution is -2.31. The quantitative estimate of drug-likeness (QED) is 0.459. The first kappa shape index (κ1) is 18.6. The van der Waals surface area contributed by atoms with Crippen molar-refractivity contribution in [2.24, 2.45) is 0 Å². The van der Waals surface area contributed by atoms with Crippen molar-refractivity contribution in [3.8, 4) is 5.75 Å². The van der Waals surface area contributed by atoms with Crippen LogP contribution in [0.3, 0.4) is 0 Å². The van der Waals surface area contributed by atoms with Crippen molar-refractivity contribution in [1.29, 1.82) is 0 Å². The molecule has 0 saturated heterocycles. The van der Waals surface area contributed by atoms with Crippen LogP contribution >= 0.6 is 22.7 Å². The molecule has 0 radical (unpaired) electrons. The molecule has 1 N–H and O–H groups in total. The molecule has 2 aromatic carbocycles.